The number of carbonyl (C=O) groups is 1. The van der Waals surface area contributed by atoms with Crippen LogP contribution in [0.25, 0.3) is 0 Å². The van der Waals surface area contributed by atoms with E-state index in [-0.39, 0.29) is 34.5 Å². The predicted molar refractivity (Wildman–Crippen MR) is 76.6 cm³/mol. The number of hydrogen-bond acceptors (Lipinski definition) is 2. The van der Waals surface area contributed by atoms with E-state index in [9.17, 15) is 9.90 Å². The van der Waals surface area contributed by atoms with Gasteiger partial charge in [0.2, 0.25) is 5.91 Å². The fraction of sp³-hybridized carbons (Fsp3) is 0.938. The first-order valence-corrected chi connectivity index (χ1v) is 7.47. The molecule has 19 heavy (non-hydrogen) atoms. The van der Waals surface area contributed by atoms with Crippen LogP contribution < -0.4 is 0 Å². The number of hydrogen-bond donors (Lipinski definition) is 1. The average molecular weight is 267 g/mol. The van der Waals surface area contributed by atoms with E-state index in [0.29, 0.717) is 13.1 Å². The minimum Gasteiger partial charge on any atom is -0.387 e. The van der Waals surface area contributed by atoms with E-state index in [1.807, 2.05) is 18.7 Å². The quantitative estimate of drug-likeness (QED) is 0.835. The van der Waals surface area contributed by atoms with Gasteiger partial charge in [-0.25, -0.2) is 0 Å². The number of β-amino-alcohol motifs (C(OH)–C–C–N with tert-alkyl or cyclic N) is 1. The second-order valence-electron chi connectivity index (χ2n) is 8.14. The normalized spacial score (nSPS) is 36.9. The Balaban J connectivity index is 2.13. The van der Waals surface area contributed by atoms with Crippen LogP contribution in [0.2, 0.25) is 0 Å². The van der Waals surface area contributed by atoms with Crippen molar-refractivity contribution in [1.29, 1.82) is 0 Å². The molecule has 110 valence electrons. The average Bonchev–Trinajstić information content (AvgIpc) is 2.52. The number of carbonyl (C=O) groups excluding carboxylic acids is 1. The molecule has 0 aromatic carbocycles. The zero-order valence-electron chi connectivity index (χ0n) is 13.4. The Labute approximate surface area is 117 Å². The predicted octanol–water partition coefficient (Wildman–Crippen LogP) is 2.53. The van der Waals surface area contributed by atoms with Gasteiger partial charge in [-0.15, -0.1) is 0 Å². The lowest BCUT2D eigenvalue weighted by Gasteiger charge is -2.31. The molecule has 1 aliphatic carbocycles. The summed E-state index contributed by atoms with van der Waals surface area (Å²) >= 11 is 0. The number of nitrogens with zero attached hydrogens (tertiary/aromatic N) is 1. The van der Waals surface area contributed by atoms with Crippen LogP contribution in [0.1, 0.15) is 48.5 Å². The maximum absolute atomic E-state index is 12.7. The molecule has 1 N–H and O–H groups in total. The van der Waals surface area contributed by atoms with Crippen molar-refractivity contribution < 1.29 is 9.90 Å². The first-order chi connectivity index (χ1) is 8.46. The van der Waals surface area contributed by atoms with Crippen molar-refractivity contribution in [2.24, 2.45) is 28.6 Å². The second-order valence-corrected chi connectivity index (χ2v) is 8.14. The van der Waals surface area contributed by atoms with Gasteiger partial charge in [0.15, 0.2) is 0 Å². The zero-order valence-corrected chi connectivity index (χ0v) is 13.4. The number of amides is 1. The third-order valence-electron chi connectivity index (χ3n) is 6.37. The van der Waals surface area contributed by atoms with E-state index >= 15 is 0 Å². The van der Waals surface area contributed by atoms with Crippen LogP contribution >= 0.6 is 0 Å². The molecule has 2 fully saturated rings. The largest absolute Gasteiger partial charge is 0.387 e. The summed E-state index contributed by atoms with van der Waals surface area (Å²) in [6.07, 6.45) is 0. The van der Waals surface area contributed by atoms with Crippen LogP contribution in [0.3, 0.4) is 0 Å². The van der Waals surface area contributed by atoms with Gasteiger partial charge in [-0.3, -0.25) is 4.79 Å². The number of rotatable bonds is 2. The van der Waals surface area contributed by atoms with E-state index in [2.05, 4.69) is 34.6 Å². The van der Waals surface area contributed by atoms with E-state index in [1.165, 1.54) is 0 Å². The SMILES string of the molecule is CC(C)[C@@]1(O)CN(C(=O)C2C(C)(C)C2(C)C)C[C@@H]1C. The van der Waals surface area contributed by atoms with Crippen LogP contribution in [0, 0.1) is 28.6 Å². The summed E-state index contributed by atoms with van der Waals surface area (Å²) in [5.74, 6) is 0.669. The molecule has 2 aliphatic rings. The molecule has 0 spiro atoms. The van der Waals surface area contributed by atoms with Crippen LogP contribution in [-0.4, -0.2) is 34.6 Å². The number of likely N-dealkylation sites (tertiary alicyclic amines) is 1. The van der Waals surface area contributed by atoms with Gasteiger partial charge in [0.1, 0.15) is 0 Å². The summed E-state index contributed by atoms with van der Waals surface area (Å²) in [6.45, 7) is 16.0. The molecule has 0 aromatic heterocycles. The molecular weight excluding hydrogens is 238 g/mol. The molecule has 0 bridgehead atoms. The lowest BCUT2D eigenvalue weighted by molar-refractivity contribution is -0.134. The molecule has 1 saturated carbocycles. The smallest absolute Gasteiger partial charge is 0.226 e. The molecule has 0 radical (unpaired) electrons. The fourth-order valence-corrected chi connectivity index (χ4v) is 3.93. The first kappa shape index (κ1) is 14.8. The van der Waals surface area contributed by atoms with E-state index < -0.39 is 5.60 Å². The molecule has 0 unspecified atom stereocenters. The standard InChI is InChI=1S/C16H29NO2/c1-10(2)16(19)9-17(8-11(16)3)13(18)12-14(4,5)15(12,6)7/h10-12,19H,8-9H2,1-7H3/t11-,16-/m0/s1. The summed E-state index contributed by atoms with van der Waals surface area (Å²) in [6, 6.07) is 0. The van der Waals surface area contributed by atoms with Crippen LogP contribution in [0.5, 0.6) is 0 Å². The van der Waals surface area contributed by atoms with Crippen molar-refractivity contribution in [2.45, 2.75) is 54.1 Å². The van der Waals surface area contributed by atoms with Gasteiger partial charge in [-0.05, 0) is 16.7 Å². The van der Waals surface area contributed by atoms with Gasteiger partial charge in [0.25, 0.3) is 0 Å². The monoisotopic (exact) mass is 267 g/mol. The third kappa shape index (κ3) is 1.84. The van der Waals surface area contributed by atoms with Crippen molar-refractivity contribution in [2.75, 3.05) is 13.1 Å². The molecule has 1 saturated heterocycles. The Bertz CT molecular complexity index is 386. The Morgan fingerprint density at radius 2 is 1.68 bits per heavy atom. The summed E-state index contributed by atoms with van der Waals surface area (Å²) in [7, 11) is 0. The molecule has 2 rings (SSSR count). The molecule has 0 aromatic rings. The molecule has 1 amide bonds. The van der Waals surface area contributed by atoms with Crippen LogP contribution in [0.4, 0.5) is 0 Å². The Kier molecular flexibility index (Phi) is 3.10. The molecule has 1 aliphatic heterocycles. The van der Waals surface area contributed by atoms with E-state index in [1.54, 1.807) is 0 Å². The molecule has 3 nitrogen and oxygen atoms in total. The van der Waals surface area contributed by atoms with Gasteiger partial charge in [-0.2, -0.15) is 0 Å². The van der Waals surface area contributed by atoms with Gasteiger partial charge in [-0.1, -0.05) is 48.5 Å². The lowest BCUT2D eigenvalue weighted by atomic mass is 9.82. The number of aliphatic hydroxyl groups is 1. The maximum Gasteiger partial charge on any atom is 0.226 e. The summed E-state index contributed by atoms with van der Waals surface area (Å²) in [5, 5.41) is 10.7. The van der Waals surface area contributed by atoms with Gasteiger partial charge in [0.05, 0.1) is 5.60 Å². The lowest BCUT2D eigenvalue weighted by Crippen LogP contribution is -2.43. The summed E-state index contributed by atoms with van der Waals surface area (Å²) < 4.78 is 0. The highest BCUT2D eigenvalue weighted by Gasteiger charge is 2.69. The van der Waals surface area contributed by atoms with Crippen molar-refractivity contribution in [3.05, 3.63) is 0 Å². The van der Waals surface area contributed by atoms with E-state index in [0.717, 1.165) is 0 Å². The van der Waals surface area contributed by atoms with Crippen molar-refractivity contribution in [1.82, 2.24) is 4.90 Å². The molecule has 2 atom stereocenters. The van der Waals surface area contributed by atoms with Crippen molar-refractivity contribution >= 4 is 5.91 Å². The molecule has 1 heterocycles. The topological polar surface area (TPSA) is 40.5 Å². The molecule has 3 heteroatoms. The van der Waals surface area contributed by atoms with Crippen molar-refractivity contribution in [3.8, 4) is 0 Å². The van der Waals surface area contributed by atoms with Gasteiger partial charge >= 0.3 is 0 Å². The van der Waals surface area contributed by atoms with Gasteiger partial charge in [0, 0.05) is 24.9 Å². The highest BCUT2D eigenvalue weighted by molar-refractivity contribution is 5.84. The van der Waals surface area contributed by atoms with Gasteiger partial charge < -0.3 is 10.0 Å². The first-order valence-electron chi connectivity index (χ1n) is 7.47. The highest BCUT2D eigenvalue weighted by Crippen LogP contribution is 2.69. The highest BCUT2D eigenvalue weighted by atomic mass is 16.3. The Morgan fingerprint density at radius 1 is 1.21 bits per heavy atom. The molecular formula is C16H29NO2. The second kappa shape index (κ2) is 3.97. The summed E-state index contributed by atoms with van der Waals surface area (Å²) in [5.41, 5.74) is -0.573. The summed E-state index contributed by atoms with van der Waals surface area (Å²) in [4.78, 5) is 14.6. The van der Waals surface area contributed by atoms with E-state index in [4.69, 9.17) is 0 Å². The minimum atomic E-state index is -0.723. The third-order valence-corrected chi connectivity index (χ3v) is 6.37. The maximum atomic E-state index is 12.7. The Morgan fingerprint density at radius 3 is 2.00 bits per heavy atom. The Hall–Kier alpha value is -0.570. The van der Waals surface area contributed by atoms with Crippen LogP contribution in [0.15, 0.2) is 0 Å². The minimum absolute atomic E-state index is 0.0753. The zero-order chi connectivity index (χ0) is 14.8. The van der Waals surface area contributed by atoms with Crippen LogP contribution in [-0.2, 0) is 4.79 Å². The van der Waals surface area contributed by atoms with Crippen molar-refractivity contribution in [3.63, 3.8) is 0 Å². The fourth-order valence-electron chi connectivity index (χ4n) is 3.93.